The summed E-state index contributed by atoms with van der Waals surface area (Å²) in [6, 6.07) is 9.56. The number of thiocarbonyl (C=S) groups is 1. The van der Waals surface area contributed by atoms with Crippen LogP contribution in [-0.2, 0) is 6.61 Å². The number of nitrogens with two attached hydrogens (primary N) is 1. The van der Waals surface area contributed by atoms with Crippen molar-refractivity contribution in [3.63, 3.8) is 0 Å². The number of halogens is 3. The molecule has 0 saturated carbocycles. The van der Waals surface area contributed by atoms with Crippen LogP contribution >= 0.6 is 39.7 Å². The van der Waals surface area contributed by atoms with Gasteiger partial charge in [-0.3, -0.25) is 0 Å². The highest BCUT2D eigenvalue weighted by Crippen LogP contribution is 2.28. The van der Waals surface area contributed by atoms with Gasteiger partial charge in [0, 0.05) is 16.1 Å². The molecule has 6 heteroatoms. The molecular weight excluding hydrogens is 365 g/mol. The van der Waals surface area contributed by atoms with Gasteiger partial charge >= 0.3 is 0 Å². The van der Waals surface area contributed by atoms with Gasteiger partial charge in [-0.1, -0.05) is 23.8 Å². The minimum Gasteiger partial charge on any atom is -0.488 e. The van der Waals surface area contributed by atoms with Gasteiger partial charge in [-0.2, -0.15) is 0 Å². The standard InChI is InChI=1S/C14H10BrClFNOS/c15-11-6-10(16)2-4-13(11)19-7-9-5-8(14(18)20)1-3-12(9)17/h1-6H,7H2,(H2,18,20). The Morgan fingerprint density at radius 2 is 2.05 bits per heavy atom. The van der Waals surface area contributed by atoms with E-state index in [-0.39, 0.29) is 17.4 Å². The monoisotopic (exact) mass is 373 g/mol. The van der Waals surface area contributed by atoms with Crippen LogP contribution in [0.15, 0.2) is 40.9 Å². The molecule has 0 aliphatic carbocycles. The second-order valence-electron chi connectivity index (χ2n) is 4.03. The highest BCUT2D eigenvalue weighted by molar-refractivity contribution is 9.10. The molecule has 2 aromatic carbocycles. The molecule has 0 fully saturated rings. The van der Waals surface area contributed by atoms with E-state index in [1.54, 1.807) is 30.3 Å². The highest BCUT2D eigenvalue weighted by Gasteiger charge is 2.08. The summed E-state index contributed by atoms with van der Waals surface area (Å²) in [6.07, 6.45) is 0. The first-order valence-corrected chi connectivity index (χ1v) is 7.21. The van der Waals surface area contributed by atoms with Gasteiger partial charge in [-0.15, -0.1) is 0 Å². The van der Waals surface area contributed by atoms with E-state index >= 15 is 0 Å². The quantitative estimate of drug-likeness (QED) is 0.803. The van der Waals surface area contributed by atoms with Crippen LogP contribution in [0.25, 0.3) is 0 Å². The van der Waals surface area contributed by atoms with Crippen molar-refractivity contribution in [2.75, 3.05) is 0 Å². The Kier molecular flexibility index (Phi) is 4.96. The molecule has 0 unspecified atom stereocenters. The number of hydrogen-bond donors (Lipinski definition) is 1. The minimum atomic E-state index is -0.366. The van der Waals surface area contributed by atoms with Gasteiger partial charge in [0.2, 0.25) is 0 Å². The minimum absolute atomic E-state index is 0.0719. The second kappa shape index (κ2) is 6.52. The normalized spacial score (nSPS) is 10.3. The van der Waals surface area contributed by atoms with Gasteiger partial charge in [0.1, 0.15) is 23.2 Å². The zero-order chi connectivity index (χ0) is 14.7. The van der Waals surface area contributed by atoms with E-state index in [1.807, 2.05) is 0 Å². The zero-order valence-electron chi connectivity index (χ0n) is 10.2. The van der Waals surface area contributed by atoms with Crippen LogP contribution in [0.3, 0.4) is 0 Å². The molecule has 0 aromatic heterocycles. The molecule has 2 rings (SSSR count). The van der Waals surface area contributed by atoms with E-state index in [0.717, 1.165) is 0 Å². The molecule has 0 heterocycles. The average molecular weight is 375 g/mol. The average Bonchev–Trinajstić information content (AvgIpc) is 2.39. The summed E-state index contributed by atoms with van der Waals surface area (Å²) in [7, 11) is 0. The second-order valence-corrected chi connectivity index (χ2v) is 5.76. The fraction of sp³-hybridized carbons (Fsp3) is 0.0714. The van der Waals surface area contributed by atoms with Crippen LogP contribution in [0.2, 0.25) is 5.02 Å². The maximum Gasteiger partial charge on any atom is 0.134 e. The van der Waals surface area contributed by atoms with Crippen molar-refractivity contribution < 1.29 is 9.13 Å². The summed E-state index contributed by atoms with van der Waals surface area (Å²) in [4.78, 5) is 0.221. The molecule has 0 aliphatic heterocycles. The fourth-order valence-electron chi connectivity index (χ4n) is 1.59. The van der Waals surface area contributed by atoms with E-state index in [4.69, 9.17) is 34.3 Å². The summed E-state index contributed by atoms with van der Waals surface area (Å²) >= 11 is 14.0. The molecule has 104 valence electrons. The first-order valence-electron chi connectivity index (χ1n) is 5.63. The molecule has 0 saturated heterocycles. The molecule has 0 atom stereocenters. The molecule has 0 amide bonds. The molecule has 2 nitrogen and oxygen atoms in total. The van der Waals surface area contributed by atoms with Crippen molar-refractivity contribution in [3.8, 4) is 5.75 Å². The third kappa shape index (κ3) is 3.69. The third-order valence-electron chi connectivity index (χ3n) is 2.61. The fourth-order valence-corrected chi connectivity index (χ4v) is 2.51. The van der Waals surface area contributed by atoms with Gasteiger partial charge in [0.25, 0.3) is 0 Å². The molecular formula is C14H10BrClFNOS. The topological polar surface area (TPSA) is 35.2 Å². The Morgan fingerprint density at radius 3 is 2.70 bits per heavy atom. The predicted molar refractivity (Wildman–Crippen MR) is 85.8 cm³/mol. The van der Waals surface area contributed by atoms with Gasteiger partial charge in [-0.25, -0.2) is 4.39 Å². The van der Waals surface area contributed by atoms with Crippen molar-refractivity contribution in [1.29, 1.82) is 0 Å². The van der Waals surface area contributed by atoms with Gasteiger partial charge < -0.3 is 10.5 Å². The Labute approximate surface area is 134 Å². The molecule has 2 aromatic rings. The number of hydrogen-bond acceptors (Lipinski definition) is 2. The number of benzene rings is 2. The van der Waals surface area contributed by atoms with Crippen molar-refractivity contribution in [2.45, 2.75) is 6.61 Å². The van der Waals surface area contributed by atoms with Gasteiger partial charge in [0.15, 0.2) is 0 Å². The molecule has 0 aliphatic rings. The maximum absolute atomic E-state index is 13.7. The van der Waals surface area contributed by atoms with Crippen LogP contribution in [0.1, 0.15) is 11.1 Å². The van der Waals surface area contributed by atoms with Crippen molar-refractivity contribution >= 4 is 44.7 Å². The first-order chi connectivity index (χ1) is 9.47. The number of rotatable bonds is 4. The highest BCUT2D eigenvalue weighted by atomic mass is 79.9. The maximum atomic E-state index is 13.7. The van der Waals surface area contributed by atoms with E-state index in [9.17, 15) is 4.39 Å². The zero-order valence-corrected chi connectivity index (χ0v) is 13.4. The lowest BCUT2D eigenvalue weighted by Gasteiger charge is -2.10. The predicted octanol–water partition coefficient (Wildman–Crippen LogP) is 4.45. The largest absolute Gasteiger partial charge is 0.488 e. The molecule has 0 bridgehead atoms. The SMILES string of the molecule is NC(=S)c1ccc(F)c(COc2ccc(Cl)cc2Br)c1. The molecule has 0 spiro atoms. The summed E-state index contributed by atoms with van der Waals surface area (Å²) in [5.74, 6) is 0.213. The molecule has 20 heavy (non-hydrogen) atoms. The smallest absolute Gasteiger partial charge is 0.134 e. The van der Waals surface area contributed by atoms with E-state index < -0.39 is 0 Å². The van der Waals surface area contributed by atoms with Gasteiger partial charge in [0.05, 0.1) is 4.47 Å². The van der Waals surface area contributed by atoms with Crippen LogP contribution < -0.4 is 10.5 Å². The van der Waals surface area contributed by atoms with E-state index in [1.165, 1.54) is 6.07 Å². The summed E-state index contributed by atoms with van der Waals surface area (Å²) in [6.45, 7) is 0.0719. The van der Waals surface area contributed by atoms with Crippen molar-refractivity contribution in [3.05, 3.63) is 62.8 Å². The van der Waals surface area contributed by atoms with Crippen LogP contribution in [-0.4, -0.2) is 4.99 Å². The van der Waals surface area contributed by atoms with Crippen molar-refractivity contribution in [1.82, 2.24) is 0 Å². The summed E-state index contributed by atoms with van der Waals surface area (Å²) < 4.78 is 20.0. The van der Waals surface area contributed by atoms with Crippen LogP contribution in [0.5, 0.6) is 5.75 Å². The Morgan fingerprint density at radius 1 is 1.30 bits per heavy atom. The van der Waals surface area contributed by atoms with Gasteiger partial charge in [-0.05, 0) is 52.3 Å². The molecule has 2 N–H and O–H groups in total. The lowest BCUT2D eigenvalue weighted by Crippen LogP contribution is -2.10. The first kappa shape index (κ1) is 15.2. The van der Waals surface area contributed by atoms with E-state index in [0.29, 0.717) is 26.4 Å². The Hall–Kier alpha value is -1.17. The number of ether oxygens (including phenoxy) is 1. The van der Waals surface area contributed by atoms with Crippen LogP contribution in [0.4, 0.5) is 4.39 Å². The molecule has 0 radical (unpaired) electrons. The Bertz CT molecular complexity index is 666. The van der Waals surface area contributed by atoms with Crippen LogP contribution in [0, 0.1) is 5.82 Å². The van der Waals surface area contributed by atoms with Crippen molar-refractivity contribution in [2.24, 2.45) is 5.73 Å². The third-order valence-corrected chi connectivity index (χ3v) is 3.70. The lowest BCUT2D eigenvalue weighted by atomic mass is 10.1. The summed E-state index contributed by atoms with van der Waals surface area (Å²) in [5.41, 5.74) is 6.52. The lowest BCUT2D eigenvalue weighted by molar-refractivity contribution is 0.298. The Balaban J connectivity index is 2.18. The summed E-state index contributed by atoms with van der Waals surface area (Å²) in [5, 5.41) is 0.589. The van der Waals surface area contributed by atoms with E-state index in [2.05, 4.69) is 15.9 Å².